The third-order valence-electron chi connectivity index (χ3n) is 2.62. The number of benzene rings is 1. The molecule has 1 heterocycles. The minimum Gasteiger partial charge on any atom is -0.391 e. The Labute approximate surface area is 103 Å². The number of anilines is 1. The molecule has 4 nitrogen and oxygen atoms in total. The lowest BCUT2D eigenvalue weighted by molar-refractivity contribution is 0.176. The van der Waals surface area contributed by atoms with Crippen molar-refractivity contribution in [2.45, 2.75) is 12.5 Å². The van der Waals surface area contributed by atoms with Crippen molar-refractivity contribution in [3.05, 3.63) is 29.0 Å². The highest BCUT2D eigenvalue weighted by Crippen LogP contribution is 2.23. The number of nitrogens with one attached hydrogen (secondary N) is 1. The van der Waals surface area contributed by atoms with Gasteiger partial charge in [-0.2, -0.15) is 0 Å². The lowest BCUT2D eigenvalue weighted by atomic mass is 10.3. The summed E-state index contributed by atoms with van der Waals surface area (Å²) in [6, 6.07) is 3.38. The van der Waals surface area contributed by atoms with Crippen LogP contribution in [0.4, 0.5) is 14.9 Å². The zero-order valence-electron chi connectivity index (χ0n) is 8.99. The fourth-order valence-corrected chi connectivity index (χ4v) is 1.88. The van der Waals surface area contributed by atoms with E-state index >= 15 is 0 Å². The van der Waals surface area contributed by atoms with E-state index in [2.05, 4.69) is 5.32 Å². The minimum absolute atomic E-state index is 0.234. The molecule has 92 valence electrons. The number of urea groups is 1. The highest BCUT2D eigenvalue weighted by Gasteiger charge is 2.24. The quantitative estimate of drug-likeness (QED) is 0.810. The summed E-state index contributed by atoms with van der Waals surface area (Å²) in [6.45, 7) is 0.776. The number of carbonyl (C=O) groups excluding carboxylic acids is 1. The maximum Gasteiger partial charge on any atom is 0.321 e. The molecule has 1 saturated heterocycles. The van der Waals surface area contributed by atoms with E-state index in [1.807, 2.05) is 0 Å². The van der Waals surface area contributed by atoms with E-state index in [1.54, 1.807) is 0 Å². The summed E-state index contributed by atoms with van der Waals surface area (Å²) >= 11 is 5.83. The van der Waals surface area contributed by atoms with E-state index in [0.29, 0.717) is 19.5 Å². The van der Waals surface area contributed by atoms with E-state index in [9.17, 15) is 14.3 Å². The third kappa shape index (κ3) is 2.87. The molecule has 0 saturated carbocycles. The molecule has 2 amide bonds. The molecule has 1 aliphatic rings. The summed E-state index contributed by atoms with van der Waals surface area (Å²) in [5.41, 5.74) is 0.234. The molecule has 1 aromatic rings. The van der Waals surface area contributed by atoms with Gasteiger partial charge in [0.25, 0.3) is 0 Å². The van der Waals surface area contributed by atoms with Crippen LogP contribution >= 0.6 is 11.6 Å². The van der Waals surface area contributed by atoms with Gasteiger partial charge in [0.1, 0.15) is 5.82 Å². The highest BCUT2D eigenvalue weighted by atomic mass is 35.5. The molecule has 0 aliphatic carbocycles. The smallest absolute Gasteiger partial charge is 0.321 e. The van der Waals surface area contributed by atoms with Crippen LogP contribution in [0.25, 0.3) is 0 Å². The largest absolute Gasteiger partial charge is 0.391 e. The molecular weight excluding hydrogens is 247 g/mol. The normalized spacial score (nSPS) is 19.5. The molecule has 0 radical (unpaired) electrons. The Hall–Kier alpha value is -1.33. The van der Waals surface area contributed by atoms with Crippen LogP contribution in [0.15, 0.2) is 18.2 Å². The van der Waals surface area contributed by atoms with Crippen molar-refractivity contribution in [2.24, 2.45) is 0 Å². The molecule has 2 N–H and O–H groups in total. The lowest BCUT2D eigenvalue weighted by Crippen LogP contribution is -2.33. The van der Waals surface area contributed by atoms with E-state index in [-0.39, 0.29) is 16.7 Å². The fraction of sp³-hybridized carbons (Fsp3) is 0.364. The van der Waals surface area contributed by atoms with Crippen molar-refractivity contribution in [3.63, 3.8) is 0 Å². The average Bonchev–Trinajstić information content (AvgIpc) is 2.70. The zero-order valence-corrected chi connectivity index (χ0v) is 9.75. The van der Waals surface area contributed by atoms with Crippen molar-refractivity contribution >= 4 is 23.3 Å². The zero-order chi connectivity index (χ0) is 12.4. The van der Waals surface area contributed by atoms with Crippen molar-refractivity contribution in [1.82, 2.24) is 4.90 Å². The van der Waals surface area contributed by atoms with Crippen LogP contribution in [0, 0.1) is 5.82 Å². The van der Waals surface area contributed by atoms with Gasteiger partial charge in [0.15, 0.2) is 0 Å². The second-order valence-electron chi connectivity index (χ2n) is 3.94. The molecule has 0 unspecified atom stereocenters. The highest BCUT2D eigenvalue weighted by molar-refractivity contribution is 6.33. The third-order valence-corrected chi connectivity index (χ3v) is 2.95. The predicted molar refractivity (Wildman–Crippen MR) is 62.6 cm³/mol. The monoisotopic (exact) mass is 258 g/mol. The summed E-state index contributed by atoms with van der Waals surface area (Å²) in [5.74, 6) is -0.467. The van der Waals surface area contributed by atoms with Gasteiger partial charge in [0.05, 0.1) is 16.8 Å². The number of nitrogens with zero attached hydrogens (tertiary/aromatic N) is 1. The van der Waals surface area contributed by atoms with Crippen LogP contribution < -0.4 is 5.32 Å². The van der Waals surface area contributed by atoms with E-state index < -0.39 is 11.9 Å². The van der Waals surface area contributed by atoms with Crippen LogP contribution in [-0.4, -0.2) is 35.2 Å². The van der Waals surface area contributed by atoms with Crippen LogP contribution in [-0.2, 0) is 0 Å². The molecule has 1 aromatic carbocycles. The Balaban J connectivity index is 2.05. The lowest BCUT2D eigenvalue weighted by Gasteiger charge is -2.17. The number of amides is 2. The Bertz CT molecular complexity index is 441. The first-order valence-corrected chi connectivity index (χ1v) is 5.63. The molecule has 0 aromatic heterocycles. The van der Waals surface area contributed by atoms with Crippen molar-refractivity contribution in [3.8, 4) is 0 Å². The molecule has 0 spiro atoms. The number of likely N-dealkylation sites (tertiary alicyclic amines) is 1. The number of halogens is 2. The summed E-state index contributed by atoms with van der Waals surface area (Å²) in [6.07, 6.45) is 0.0772. The van der Waals surface area contributed by atoms with Crippen LogP contribution in [0.2, 0.25) is 5.02 Å². The van der Waals surface area contributed by atoms with Gasteiger partial charge in [-0.1, -0.05) is 11.6 Å². The molecule has 0 bridgehead atoms. The predicted octanol–water partition coefficient (Wildman–Crippen LogP) is 2.08. The van der Waals surface area contributed by atoms with Crippen LogP contribution in [0.3, 0.4) is 0 Å². The Morgan fingerprint density at radius 2 is 2.35 bits per heavy atom. The van der Waals surface area contributed by atoms with E-state index in [1.165, 1.54) is 17.0 Å². The molecule has 17 heavy (non-hydrogen) atoms. The van der Waals surface area contributed by atoms with Gasteiger partial charge >= 0.3 is 6.03 Å². The maximum atomic E-state index is 13.0. The Morgan fingerprint density at radius 1 is 1.59 bits per heavy atom. The van der Waals surface area contributed by atoms with Gasteiger partial charge in [0.2, 0.25) is 0 Å². The minimum atomic E-state index is -0.483. The molecule has 6 heteroatoms. The number of hydrogen-bond donors (Lipinski definition) is 2. The summed E-state index contributed by atoms with van der Waals surface area (Å²) in [7, 11) is 0. The first-order chi connectivity index (χ1) is 8.06. The van der Waals surface area contributed by atoms with Gasteiger partial charge in [0, 0.05) is 13.1 Å². The van der Waals surface area contributed by atoms with Crippen LogP contribution in [0.1, 0.15) is 6.42 Å². The van der Waals surface area contributed by atoms with Gasteiger partial charge in [-0.3, -0.25) is 0 Å². The van der Waals surface area contributed by atoms with Crippen LogP contribution in [0.5, 0.6) is 0 Å². The molecule has 2 rings (SSSR count). The second-order valence-corrected chi connectivity index (χ2v) is 4.35. The summed E-state index contributed by atoms with van der Waals surface area (Å²) in [4.78, 5) is 13.2. The van der Waals surface area contributed by atoms with Crippen molar-refractivity contribution in [1.29, 1.82) is 0 Å². The van der Waals surface area contributed by atoms with Gasteiger partial charge in [-0.15, -0.1) is 0 Å². The molecule has 1 atom stereocenters. The number of rotatable bonds is 1. The van der Waals surface area contributed by atoms with Gasteiger partial charge < -0.3 is 15.3 Å². The molecule has 1 aliphatic heterocycles. The number of aliphatic hydroxyl groups excluding tert-OH is 1. The first kappa shape index (κ1) is 12.1. The number of β-amino-alcohol motifs (C(OH)–C–C–N with tert-alkyl or cyclic N) is 1. The Kier molecular flexibility index (Phi) is 3.49. The van der Waals surface area contributed by atoms with Gasteiger partial charge in [-0.05, 0) is 24.6 Å². The number of aliphatic hydroxyl groups is 1. The summed E-state index contributed by atoms with van der Waals surface area (Å²) in [5, 5.41) is 12.1. The standard InChI is InChI=1S/C11H12ClFN2O2/c12-9-2-1-7(13)5-10(9)14-11(17)15-4-3-8(16)6-15/h1-2,5,8,16H,3-4,6H2,(H,14,17)/t8-/m0/s1. The number of hydrogen-bond acceptors (Lipinski definition) is 2. The first-order valence-electron chi connectivity index (χ1n) is 5.25. The van der Waals surface area contributed by atoms with Gasteiger partial charge in [-0.25, -0.2) is 9.18 Å². The van der Waals surface area contributed by atoms with E-state index in [0.717, 1.165) is 6.07 Å². The maximum absolute atomic E-state index is 13.0. The van der Waals surface area contributed by atoms with Crippen molar-refractivity contribution < 1.29 is 14.3 Å². The Morgan fingerprint density at radius 3 is 3.00 bits per heavy atom. The number of carbonyl (C=O) groups is 1. The van der Waals surface area contributed by atoms with Crippen molar-refractivity contribution in [2.75, 3.05) is 18.4 Å². The molecule has 1 fully saturated rings. The second kappa shape index (κ2) is 4.89. The average molecular weight is 259 g/mol. The topological polar surface area (TPSA) is 52.6 Å². The fourth-order valence-electron chi connectivity index (χ4n) is 1.71. The molecular formula is C11H12ClFN2O2. The summed E-state index contributed by atoms with van der Waals surface area (Å²) < 4.78 is 13.0. The van der Waals surface area contributed by atoms with E-state index in [4.69, 9.17) is 11.6 Å². The SMILES string of the molecule is O=C(Nc1cc(F)ccc1Cl)N1CC[C@H](O)C1.